The first kappa shape index (κ1) is 19.0. The molecule has 0 bridgehead atoms. The number of halogens is 3. The van der Waals surface area contributed by atoms with Gasteiger partial charge in [-0.3, -0.25) is 9.78 Å². The lowest BCUT2D eigenvalue weighted by Gasteiger charge is -2.36. The molecule has 1 amide bonds. The highest BCUT2D eigenvalue weighted by atomic mass is 35.5. The summed E-state index contributed by atoms with van der Waals surface area (Å²) >= 11 is 12.0. The van der Waals surface area contributed by atoms with E-state index in [0.29, 0.717) is 23.0 Å². The highest BCUT2D eigenvalue weighted by molar-refractivity contribution is 6.42. The van der Waals surface area contributed by atoms with E-state index in [2.05, 4.69) is 10.3 Å². The molecule has 1 N–H and O–H groups in total. The molecule has 1 unspecified atom stereocenters. The molecule has 1 saturated heterocycles. The highest BCUT2D eigenvalue weighted by Crippen LogP contribution is 2.25. The smallest absolute Gasteiger partial charge is 0.227 e. The number of hydrogen-bond donors (Lipinski definition) is 1. The molecule has 4 nitrogen and oxygen atoms in total. The first-order chi connectivity index (χ1) is 11.1. The summed E-state index contributed by atoms with van der Waals surface area (Å²) in [7, 11) is 0. The molecule has 0 radical (unpaired) electrons. The van der Waals surface area contributed by atoms with E-state index in [0.717, 1.165) is 24.2 Å². The quantitative estimate of drug-likeness (QED) is 0.878. The van der Waals surface area contributed by atoms with Crippen molar-refractivity contribution >= 4 is 41.5 Å². The average molecular weight is 387 g/mol. The van der Waals surface area contributed by atoms with E-state index in [4.69, 9.17) is 23.2 Å². The van der Waals surface area contributed by atoms with E-state index >= 15 is 0 Å². The van der Waals surface area contributed by atoms with Gasteiger partial charge in [-0.25, -0.2) is 0 Å². The van der Waals surface area contributed by atoms with Crippen LogP contribution in [0.15, 0.2) is 42.7 Å². The van der Waals surface area contributed by atoms with Crippen LogP contribution in [0.5, 0.6) is 0 Å². The van der Waals surface area contributed by atoms with E-state index < -0.39 is 0 Å². The van der Waals surface area contributed by atoms with Gasteiger partial charge >= 0.3 is 0 Å². The Kier molecular flexibility index (Phi) is 6.87. The zero-order valence-electron chi connectivity index (χ0n) is 12.9. The molecule has 1 fully saturated rings. The average Bonchev–Trinajstić information content (AvgIpc) is 2.59. The van der Waals surface area contributed by atoms with E-state index in [1.54, 1.807) is 18.3 Å². The zero-order chi connectivity index (χ0) is 16.2. The van der Waals surface area contributed by atoms with Crippen LogP contribution in [0.25, 0.3) is 0 Å². The predicted octanol–water partition coefficient (Wildman–Crippen LogP) is 3.53. The number of aromatic nitrogens is 1. The largest absolute Gasteiger partial charge is 0.333 e. The second-order valence-electron chi connectivity index (χ2n) is 5.52. The van der Waals surface area contributed by atoms with Crippen molar-refractivity contribution < 1.29 is 4.79 Å². The summed E-state index contributed by atoms with van der Waals surface area (Å²) in [5.74, 6) is 0.0822. The van der Waals surface area contributed by atoms with Gasteiger partial charge in [0.2, 0.25) is 5.91 Å². The molecule has 1 aliphatic rings. The van der Waals surface area contributed by atoms with Crippen LogP contribution in [0.1, 0.15) is 17.2 Å². The van der Waals surface area contributed by atoms with Crippen LogP contribution in [0.4, 0.5) is 0 Å². The molecule has 2 heterocycles. The molecule has 7 heteroatoms. The van der Waals surface area contributed by atoms with Crippen LogP contribution < -0.4 is 5.32 Å². The number of nitrogens with zero attached hydrogens (tertiary/aromatic N) is 2. The molecule has 0 aliphatic carbocycles. The summed E-state index contributed by atoms with van der Waals surface area (Å²) in [6, 6.07) is 9.22. The lowest BCUT2D eigenvalue weighted by atomic mass is 10.0. The van der Waals surface area contributed by atoms with Crippen LogP contribution in [0, 0.1) is 0 Å². The number of benzene rings is 1. The number of carbonyl (C=O) groups excluding carboxylic acids is 1. The van der Waals surface area contributed by atoms with Gasteiger partial charge in [0.25, 0.3) is 0 Å². The minimum absolute atomic E-state index is 0. The molecule has 128 valence electrons. The zero-order valence-corrected chi connectivity index (χ0v) is 15.2. The summed E-state index contributed by atoms with van der Waals surface area (Å²) < 4.78 is 0. The van der Waals surface area contributed by atoms with Crippen LogP contribution in [0.3, 0.4) is 0 Å². The maximum absolute atomic E-state index is 12.7. The van der Waals surface area contributed by atoms with E-state index in [9.17, 15) is 4.79 Å². The normalized spacial score (nSPS) is 17.2. The van der Waals surface area contributed by atoms with Crippen molar-refractivity contribution in [2.45, 2.75) is 12.5 Å². The van der Waals surface area contributed by atoms with Crippen molar-refractivity contribution in [2.24, 2.45) is 0 Å². The molecular formula is C17H18Cl3N3O. The van der Waals surface area contributed by atoms with Crippen LogP contribution in [0.2, 0.25) is 10.0 Å². The Labute approximate surface area is 157 Å². The molecule has 0 spiro atoms. The van der Waals surface area contributed by atoms with Crippen LogP contribution in [-0.4, -0.2) is 35.4 Å². The van der Waals surface area contributed by atoms with Gasteiger partial charge in [0.05, 0.1) is 22.5 Å². The summed E-state index contributed by atoms with van der Waals surface area (Å²) in [6.07, 6.45) is 3.87. The van der Waals surface area contributed by atoms with Crippen molar-refractivity contribution in [3.05, 3.63) is 63.9 Å². The molecule has 2 aromatic rings. The number of piperazine rings is 1. The number of hydrogen-bond acceptors (Lipinski definition) is 3. The van der Waals surface area contributed by atoms with Gasteiger partial charge in [-0.2, -0.15) is 0 Å². The number of carbonyl (C=O) groups is 1. The van der Waals surface area contributed by atoms with Gasteiger partial charge in [0.15, 0.2) is 0 Å². The number of nitrogens with one attached hydrogen (secondary N) is 1. The summed E-state index contributed by atoms with van der Waals surface area (Å²) in [5, 5.41) is 4.31. The molecule has 24 heavy (non-hydrogen) atoms. The predicted molar refractivity (Wildman–Crippen MR) is 99.0 cm³/mol. The molecular weight excluding hydrogens is 369 g/mol. The maximum Gasteiger partial charge on any atom is 0.227 e. The van der Waals surface area contributed by atoms with Crippen LogP contribution in [-0.2, 0) is 11.2 Å². The van der Waals surface area contributed by atoms with Crippen molar-refractivity contribution in [3.63, 3.8) is 0 Å². The van der Waals surface area contributed by atoms with Gasteiger partial charge in [-0.05, 0) is 29.3 Å². The molecule has 1 aromatic heterocycles. The lowest BCUT2D eigenvalue weighted by Crippen LogP contribution is -2.49. The number of pyridine rings is 1. The third-order valence-corrected chi connectivity index (χ3v) is 4.71. The van der Waals surface area contributed by atoms with Crippen molar-refractivity contribution in [1.29, 1.82) is 0 Å². The number of amides is 1. The highest BCUT2D eigenvalue weighted by Gasteiger charge is 2.27. The minimum atomic E-state index is 0. The molecule has 1 aromatic carbocycles. The van der Waals surface area contributed by atoms with Crippen molar-refractivity contribution in [2.75, 3.05) is 19.6 Å². The summed E-state index contributed by atoms with van der Waals surface area (Å²) in [5.41, 5.74) is 1.91. The topological polar surface area (TPSA) is 45.2 Å². The van der Waals surface area contributed by atoms with Gasteiger partial charge in [-0.15, -0.1) is 12.4 Å². The van der Waals surface area contributed by atoms with E-state index in [1.165, 1.54) is 0 Å². The van der Waals surface area contributed by atoms with Gasteiger partial charge in [0, 0.05) is 32.0 Å². The SMILES string of the molecule is Cl.O=C(Cc1ccc(Cl)c(Cl)c1)N1CCNCC1c1cccnc1. The first-order valence-electron chi connectivity index (χ1n) is 7.49. The summed E-state index contributed by atoms with van der Waals surface area (Å²) in [6.45, 7) is 2.21. The molecule has 1 aliphatic heterocycles. The molecule has 1 atom stereocenters. The molecule has 0 saturated carbocycles. The third kappa shape index (κ3) is 4.39. The molecule has 3 rings (SSSR count). The van der Waals surface area contributed by atoms with Crippen molar-refractivity contribution in [3.8, 4) is 0 Å². The van der Waals surface area contributed by atoms with Crippen LogP contribution >= 0.6 is 35.6 Å². The second-order valence-corrected chi connectivity index (χ2v) is 6.33. The van der Waals surface area contributed by atoms with Gasteiger partial charge in [-0.1, -0.05) is 35.3 Å². The fourth-order valence-electron chi connectivity index (χ4n) is 2.80. The lowest BCUT2D eigenvalue weighted by molar-refractivity contribution is -0.133. The van der Waals surface area contributed by atoms with Crippen molar-refractivity contribution in [1.82, 2.24) is 15.2 Å². The standard InChI is InChI=1S/C17H17Cl2N3O.ClH/c18-14-4-3-12(8-15(14)19)9-17(23)22-7-6-21-11-16(22)13-2-1-5-20-10-13;/h1-5,8,10,16,21H,6-7,9,11H2;1H. The fraction of sp³-hybridized carbons (Fsp3) is 0.294. The monoisotopic (exact) mass is 385 g/mol. The Bertz CT molecular complexity index is 697. The Hall–Kier alpha value is -1.33. The van der Waals surface area contributed by atoms with Gasteiger partial charge in [0.1, 0.15) is 0 Å². The summed E-state index contributed by atoms with van der Waals surface area (Å²) in [4.78, 5) is 18.8. The van der Waals surface area contributed by atoms with Gasteiger partial charge < -0.3 is 10.2 Å². The Morgan fingerprint density at radius 2 is 2.12 bits per heavy atom. The minimum Gasteiger partial charge on any atom is -0.333 e. The Balaban J connectivity index is 0.00000208. The fourth-order valence-corrected chi connectivity index (χ4v) is 3.12. The van der Waals surface area contributed by atoms with E-state index in [1.807, 2.05) is 29.3 Å². The Morgan fingerprint density at radius 3 is 2.83 bits per heavy atom. The Morgan fingerprint density at radius 1 is 1.29 bits per heavy atom. The maximum atomic E-state index is 12.7. The number of rotatable bonds is 3. The third-order valence-electron chi connectivity index (χ3n) is 3.97. The first-order valence-corrected chi connectivity index (χ1v) is 8.25. The van der Waals surface area contributed by atoms with E-state index in [-0.39, 0.29) is 24.4 Å². The second kappa shape index (κ2) is 8.67.